The fourth-order valence-electron chi connectivity index (χ4n) is 2.21. The van der Waals surface area contributed by atoms with Crippen LogP contribution in [-0.4, -0.2) is 31.9 Å². The molecule has 0 unspecified atom stereocenters. The molecular weight excluding hydrogens is 281 g/mol. The van der Waals surface area contributed by atoms with Crippen LogP contribution in [0.5, 0.6) is 0 Å². The Morgan fingerprint density at radius 2 is 1.95 bits per heavy atom. The van der Waals surface area contributed by atoms with E-state index in [4.69, 9.17) is 5.11 Å². The van der Waals surface area contributed by atoms with Crippen LogP contribution in [-0.2, 0) is 12.7 Å². The number of alkyl halides is 3. The average molecular weight is 304 g/mol. The summed E-state index contributed by atoms with van der Waals surface area (Å²) in [5, 5.41) is 11.8. The van der Waals surface area contributed by atoms with Gasteiger partial charge < -0.3 is 15.3 Å². The summed E-state index contributed by atoms with van der Waals surface area (Å²) in [6.07, 6.45) is -2.55. The highest BCUT2D eigenvalue weighted by Gasteiger charge is 2.33. The van der Waals surface area contributed by atoms with Gasteiger partial charge in [-0.05, 0) is 31.2 Å². The van der Waals surface area contributed by atoms with Gasteiger partial charge in [-0.2, -0.15) is 13.2 Å². The fourth-order valence-corrected chi connectivity index (χ4v) is 2.21. The first kappa shape index (κ1) is 17.8. The first-order valence-electron chi connectivity index (χ1n) is 7.14. The number of rotatable bonds is 8. The number of nitrogens with one attached hydrogen (secondary N) is 1. The molecule has 3 nitrogen and oxygen atoms in total. The lowest BCUT2D eigenvalue weighted by atomic mass is 10.0. The quantitative estimate of drug-likeness (QED) is 0.775. The number of hydrogen-bond donors (Lipinski definition) is 2. The summed E-state index contributed by atoms with van der Waals surface area (Å²) in [7, 11) is 1.62. The number of aliphatic hydroxyl groups is 1. The third kappa shape index (κ3) is 5.21. The Kier molecular flexibility index (Phi) is 6.98. The summed E-state index contributed by atoms with van der Waals surface area (Å²) in [6.45, 7) is 3.09. The molecule has 0 atom stereocenters. The molecule has 0 aliphatic rings. The standard InChI is InChI=1S/C15H23F3N2O/c1-3-4-7-20(8-9-21)13-6-5-12(11-19-2)14(10-13)15(16,17)18/h5-6,10,19,21H,3-4,7-9,11H2,1-2H3. The molecule has 21 heavy (non-hydrogen) atoms. The van der Waals surface area contributed by atoms with E-state index in [2.05, 4.69) is 5.32 Å². The van der Waals surface area contributed by atoms with Crippen molar-refractivity contribution in [2.24, 2.45) is 0 Å². The molecule has 0 aliphatic carbocycles. The lowest BCUT2D eigenvalue weighted by Gasteiger charge is -2.25. The van der Waals surface area contributed by atoms with Crippen molar-refractivity contribution in [3.8, 4) is 0 Å². The summed E-state index contributed by atoms with van der Waals surface area (Å²) in [6, 6.07) is 4.37. The second-order valence-electron chi connectivity index (χ2n) is 4.93. The summed E-state index contributed by atoms with van der Waals surface area (Å²) < 4.78 is 39.5. The van der Waals surface area contributed by atoms with Gasteiger partial charge in [-0.15, -0.1) is 0 Å². The molecule has 0 aliphatic heterocycles. The Morgan fingerprint density at radius 1 is 1.24 bits per heavy atom. The summed E-state index contributed by atoms with van der Waals surface area (Å²) in [4.78, 5) is 1.79. The van der Waals surface area contributed by atoms with Gasteiger partial charge in [0.25, 0.3) is 0 Å². The minimum absolute atomic E-state index is 0.0800. The Hall–Kier alpha value is -1.27. The van der Waals surface area contributed by atoms with Gasteiger partial charge in [0.1, 0.15) is 0 Å². The molecule has 6 heteroatoms. The number of anilines is 1. The molecule has 0 saturated heterocycles. The van der Waals surface area contributed by atoms with Crippen molar-refractivity contribution in [1.29, 1.82) is 0 Å². The number of unbranched alkanes of at least 4 members (excludes halogenated alkanes) is 1. The van der Waals surface area contributed by atoms with E-state index in [0.29, 0.717) is 18.8 Å². The molecule has 0 saturated carbocycles. The summed E-state index contributed by atoms with van der Waals surface area (Å²) >= 11 is 0. The van der Waals surface area contributed by atoms with E-state index in [1.165, 1.54) is 12.1 Å². The van der Waals surface area contributed by atoms with Gasteiger partial charge in [0.05, 0.1) is 12.2 Å². The molecule has 120 valence electrons. The van der Waals surface area contributed by atoms with E-state index >= 15 is 0 Å². The molecule has 0 amide bonds. The molecular formula is C15H23F3N2O. The Bertz CT molecular complexity index is 435. The average Bonchev–Trinajstić information content (AvgIpc) is 2.43. The molecule has 1 aromatic rings. The van der Waals surface area contributed by atoms with Crippen LogP contribution in [0.3, 0.4) is 0 Å². The first-order valence-corrected chi connectivity index (χ1v) is 7.14. The van der Waals surface area contributed by atoms with E-state index in [9.17, 15) is 13.2 Å². The SMILES string of the molecule is CCCCN(CCO)c1ccc(CNC)c(C(F)(F)F)c1. The highest BCUT2D eigenvalue weighted by molar-refractivity contribution is 5.52. The van der Waals surface area contributed by atoms with Crippen LogP contribution in [0.4, 0.5) is 18.9 Å². The normalized spacial score (nSPS) is 11.7. The van der Waals surface area contributed by atoms with Crippen molar-refractivity contribution < 1.29 is 18.3 Å². The van der Waals surface area contributed by atoms with Crippen LogP contribution >= 0.6 is 0 Å². The predicted molar refractivity (Wildman–Crippen MR) is 78.4 cm³/mol. The zero-order chi connectivity index (χ0) is 15.9. The fraction of sp³-hybridized carbons (Fsp3) is 0.600. The molecule has 0 bridgehead atoms. The molecule has 0 aromatic heterocycles. The van der Waals surface area contributed by atoms with E-state index in [-0.39, 0.29) is 18.7 Å². The van der Waals surface area contributed by atoms with Crippen molar-refractivity contribution in [1.82, 2.24) is 5.32 Å². The zero-order valence-corrected chi connectivity index (χ0v) is 12.5. The number of benzene rings is 1. The Labute approximate surface area is 123 Å². The lowest BCUT2D eigenvalue weighted by molar-refractivity contribution is -0.138. The number of halogens is 3. The van der Waals surface area contributed by atoms with Crippen molar-refractivity contribution in [2.75, 3.05) is 31.6 Å². The van der Waals surface area contributed by atoms with E-state index in [1.807, 2.05) is 6.92 Å². The predicted octanol–water partition coefficient (Wildman–Crippen LogP) is 3.02. The van der Waals surface area contributed by atoms with Crippen LogP contribution in [0.25, 0.3) is 0 Å². The topological polar surface area (TPSA) is 35.5 Å². The molecule has 2 N–H and O–H groups in total. The number of aliphatic hydroxyl groups excluding tert-OH is 1. The second kappa shape index (κ2) is 8.24. The van der Waals surface area contributed by atoms with E-state index in [1.54, 1.807) is 18.0 Å². The van der Waals surface area contributed by atoms with E-state index in [0.717, 1.165) is 12.8 Å². The number of nitrogens with zero attached hydrogens (tertiary/aromatic N) is 1. The van der Waals surface area contributed by atoms with Crippen LogP contribution in [0.15, 0.2) is 18.2 Å². The van der Waals surface area contributed by atoms with Gasteiger partial charge in [0.15, 0.2) is 0 Å². The first-order chi connectivity index (χ1) is 9.93. The molecule has 0 spiro atoms. The van der Waals surface area contributed by atoms with Gasteiger partial charge >= 0.3 is 6.18 Å². The van der Waals surface area contributed by atoms with Crippen LogP contribution in [0.1, 0.15) is 30.9 Å². The monoisotopic (exact) mass is 304 g/mol. The third-order valence-electron chi connectivity index (χ3n) is 3.28. The Balaban J connectivity index is 3.11. The highest BCUT2D eigenvalue weighted by Crippen LogP contribution is 2.34. The zero-order valence-electron chi connectivity index (χ0n) is 12.5. The third-order valence-corrected chi connectivity index (χ3v) is 3.28. The molecule has 1 aromatic carbocycles. The van der Waals surface area contributed by atoms with Crippen molar-refractivity contribution >= 4 is 5.69 Å². The molecule has 0 heterocycles. The maximum Gasteiger partial charge on any atom is 0.416 e. The van der Waals surface area contributed by atoms with Crippen molar-refractivity contribution in [3.63, 3.8) is 0 Å². The van der Waals surface area contributed by atoms with E-state index < -0.39 is 11.7 Å². The van der Waals surface area contributed by atoms with Gasteiger partial charge in [0.2, 0.25) is 0 Å². The second-order valence-corrected chi connectivity index (χ2v) is 4.93. The smallest absolute Gasteiger partial charge is 0.395 e. The van der Waals surface area contributed by atoms with Gasteiger partial charge in [0, 0.05) is 25.3 Å². The number of hydrogen-bond acceptors (Lipinski definition) is 3. The Morgan fingerprint density at radius 3 is 2.48 bits per heavy atom. The highest BCUT2D eigenvalue weighted by atomic mass is 19.4. The minimum atomic E-state index is -4.38. The van der Waals surface area contributed by atoms with Crippen LogP contribution in [0.2, 0.25) is 0 Å². The van der Waals surface area contributed by atoms with Gasteiger partial charge in [-0.3, -0.25) is 0 Å². The van der Waals surface area contributed by atoms with Gasteiger partial charge in [-0.25, -0.2) is 0 Å². The van der Waals surface area contributed by atoms with Crippen LogP contribution in [0, 0.1) is 0 Å². The minimum Gasteiger partial charge on any atom is -0.395 e. The molecule has 0 radical (unpaired) electrons. The summed E-state index contributed by atoms with van der Waals surface area (Å²) in [5.41, 5.74) is 0.117. The van der Waals surface area contributed by atoms with Crippen LogP contribution < -0.4 is 10.2 Å². The lowest BCUT2D eigenvalue weighted by Crippen LogP contribution is -2.28. The largest absolute Gasteiger partial charge is 0.416 e. The summed E-state index contributed by atoms with van der Waals surface area (Å²) in [5.74, 6) is 0. The van der Waals surface area contributed by atoms with Gasteiger partial charge in [-0.1, -0.05) is 19.4 Å². The maximum atomic E-state index is 13.2. The van der Waals surface area contributed by atoms with Crippen molar-refractivity contribution in [3.05, 3.63) is 29.3 Å². The van der Waals surface area contributed by atoms with Crippen molar-refractivity contribution in [2.45, 2.75) is 32.5 Å². The maximum absolute atomic E-state index is 13.2. The molecule has 1 rings (SSSR count). The molecule has 0 fully saturated rings.